The summed E-state index contributed by atoms with van der Waals surface area (Å²) in [5.74, 6) is -0.0484. The quantitative estimate of drug-likeness (QED) is 0.740. The zero-order valence-corrected chi connectivity index (χ0v) is 12.7. The van der Waals surface area contributed by atoms with Gasteiger partial charge in [-0.05, 0) is 18.2 Å². The number of nitrogens with one attached hydrogen (secondary N) is 1. The summed E-state index contributed by atoms with van der Waals surface area (Å²) in [7, 11) is 0. The Hall–Kier alpha value is -2.32. The smallest absolute Gasteiger partial charge is 0.312 e. The molecule has 0 fully saturated rings. The van der Waals surface area contributed by atoms with Gasteiger partial charge in [0.25, 0.3) is 0 Å². The highest BCUT2D eigenvalue weighted by molar-refractivity contribution is 6.34. The molecule has 2 aromatic rings. The first-order chi connectivity index (χ1) is 10.4. The van der Waals surface area contributed by atoms with Crippen LogP contribution in [0.15, 0.2) is 18.2 Å². The number of halogens is 2. The fourth-order valence-electron chi connectivity index (χ4n) is 1.74. The molecule has 3 amide bonds. The highest BCUT2D eigenvalue weighted by Gasteiger charge is 2.16. The van der Waals surface area contributed by atoms with E-state index in [1.54, 1.807) is 18.2 Å². The first kappa shape index (κ1) is 16.1. The van der Waals surface area contributed by atoms with Crippen molar-refractivity contribution in [1.82, 2.24) is 20.1 Å². The van der Waals surface area contributed by atoms with Gasteiger partial charge in [-0.15, -0.1) is 0 Å². The molecule has 0 radical (unpaired) electrons. The van der Waals surface area contributed by atoms with Crippen LogP contribution in [0, 0.1) is 0 Å². The molecule has 0 spiro atoms. The minimum Gasteiger partial charge on any atom is -0.369 e. The van der Waals surface area contributed by atoms with Gasteiger partial charge in [0.05, 0.1) is 23.7 Å². The number of nitrogens with zero attached hydrogens (tertiary/aromatic N) is 3. The average molecular weight is 343 g/mol. The first-order valence-corrected chi connectivity index (χ1v) is 6.84. The molecule has 1 heterocycles. The molecule has 116 valence electrons. The Morgan fingerprint density at radius 1 is 1.27 bits per heavy atom. The minimum atomic E-state index is -0.719. The second kappa shape index (κ2) is 6.63. The van der Waals surface area contributed by atoms with E-state index in [0.29, 0.717) is 21.6 Å². The predicted molar refractivity (Wildman–Crippen MR) is 80.7 cm³/mol. The predicted octanol–water partition coefficient (Wildman–Crippen LogP) is 0.770. The normalized spacial score (nSPS) is 10.5. The summed E-state index contributed by atoms with van der Waals surface area (Å²) in [4.78, 5) is 26.0. The highest BCUT2D eigenvalue weighted by Crippen LogP contribution is 2.24. The summed E-state index contributed by atoms with van der Waals surface area (Å²) in [6, 6.07) is 4.08. The van der Waals surface area contributed by atoms with E-state index in [-0.39, 0.29) is 18.8 Å². The van der Waals surface area contributed by atoms with Gasteiger partial charge < -0.3 is 16.8 Å². The maximum absolute atomic E-state index is 11.0. The van der Waals surface area contributed by atoms with Crippen molar-refractivity contribution in [3.63, 3.8) is 0 Å². The lowest BCUT2D eigenvalue weighted by Crippen LogP contribution is -2.29. The van der Waals surface area contributed by atoms with Crippen molar-refractivity contribution in [2.45, 2.75) is 13.0 Å². The zero-order chi connectivity index (χ0) is 16.3. The number of aromatic nitrogens is 3. The van der Waals surface area contributed by atoms with Crippen molar-refractivity contribution in [2.75, 3.05) is 0 Å². The number of urea groups is 1. The van der Waals surface area contributed by atoms with Crippen LogP contribution in [0.2, 0.25) is 10.0 Å². The number of benzene rings is 1. The standard InChI is InChI=1S/C12H12Cl2N6O2/c13-6-1-2-7(14)8(3-6)20-11(5-17-12(16)22)18-10(19-20)4-9(15)21/h1-3H,4-5H2,(H2,15,21)(H3,16,17,22). The van der Waals surface area contributed by atoms with Gasteiger partial charge in [0.2, 0.25) is 5.91 Å². The molecule has 0 unspecified atom stereocenters. The van der Waals surface area contributed by atoms with Crippen LogP contribution < -0.4 is 16.8 Å². The lowest BCUT2D eigenvalue weighted by atomic mass is 10.3. The Kier molecular flexibility index (Phi) is 4.84. The molecular formula is C12H12Cl2N6O2. The van der Waals surface area contributed by atoms with Crippen LogP contribution in [-0.4, -0.2) is 26.7 Å². The Labute approximate surface area is 135 Å². The third-order valence-electron chi connectivity index (χ3n) is 2.61. The fourth-order valence-corrected chi connectivity index (χ4v) is 2.11. The maximum Gasteiger partial charge on any atom is 0.312 e. The molecule has 10 heteroatoms. The number of carbonyl (C=O) groups is 2. The number of hydrogen-bond donors (Lipinski definition) is 3. The summed E-state index contributed by atoms with van der Waals surface area (Å²) in [5.41, 5.74) is 10.6. The third kappa shape index (κ3) is 3.86. The minimum absolute atomic E-state index is 0.00391. The van der Waals surface area contributed by atoms with Gasteiger partial charge in [0, 0.05) is 5.02 Å². The van der Waals surface area contributed by atoms with Crippen LogP contribution in [0.1, 0.15) is 11.6 Å². The van der Waals surface area contributed by atoms with Crippen LogP contribution in [0.4, 0.5) is 4.79 Å². The summed E-state index contributed by atoms with van der Waals surface area (Å²) >= 11 is 12.1. The summed E-state index contributed by atoms with van der Waals surface area (Å²) in [6.45, 7) is 0.00391. The molecule has 0 saturated carbocycles. The van der Waals surface area contributed by atoms with Gasteiger partial charge in [-0.1, -0.05) is 23.2 Å². The van der Waals surface area contributed by atoms with Crippen LogP contribution in [0.3, 0.4) is 0 Å². The van der Waals surface area contributed by atoms with Crippen molar-refractivity contribution in [1.29, 1.82) is 0 Å². The van der Waals surface area contributed by atoms with Crippen molar-refractivity contribution >= 4 is 35.1 Å². The fraction of sp³-hybridized carbons (Fsp3) is 0.167. The Morgan fingerprint density at radius 3 is 2.64 bits per heavy atom. The first-order valence-electron chi connectivity index (χ1n) is 6.08. The molecular weight excluding hydrogens is 331 g/mol. The van der Waals surface area contributed by atoms with Crippen molar-refractivity contribution < 1.29 is 9.59 Å². The number of rotatable bonds is 5. The van der Waals surface area contributed by atoms with Crippen molar-refractivity contribution in [3.05, 3.63) is 39.9 Å². The van der Waals surface area contributed by atoms with Crippen molar-refractivity contribution in [3.8, 4) is 5.69 Å². The Bertz CT molecular complexity index is 730. The molecule has 2 rings (SSSR count). The van der Waals surface area contributed by atoms with Crippen LogP contribution in [-0.2, 0) is 17.8 Å². The lowest BCUT2D eigenvalue weighted by Gasteiger charge is -2.08. The van der Waals surface area contributed by atoms with Crippen LogP contribution in [0.5, 0.6) is 0 Å². The number of primary amides is 2. The van der Waals surface area contributed by atoms with E-state index < -0.39 is 11.9 Å². The van der Waals surface area contributed by atoms with Gasteiger partial charge in [-0.25, -0.2) is 14.5 Å². The molecule has 1 aromatic heterocycles. The molecule has 0 atom stereocenters. The highest BCUT2D eigenvalue weighted by atomic mass is 35.5. The average Bonchev–Trinajstić information content (AvgIpc) is 2.81. The van der Waals surface area contributed by atoms with Crippen molar-refractivity contribution in [2.24, 2.45) is 11.5 Å². The molecule has 0 aliphatic rings. The molecule has 22 heavy (non-hydrogen) atoms. The van der Waals surface area contributed by atoms with Gasteiger partial charge in [0.15, 0.2) is 11.6 Å². The van der Waals surface area contributed by atoms with Crippen LogP contribution >= 0.6 is 23.2 Å². The van der Waals surface area contributed by atoms with E-state index in [1.165, 1.54) is 4.68 Å². The molecule has 8 nitrogen and oxygen atoms in total. The molecule has 0 saturated heterocycles. The molecule has 5 N–H and O–H groups in total. The number of carbonyl (C=O) groups excluding carboxylic acids is 2. The number of hydrogen-bond acceptors (Lipinski definition) is 4. The monoisotopic (exact) mass is 342 g/mol. The van der Waals surface area contributed by atoms with Crippen LogP contribution in [0.25, 0.3) is 5.69 Å². The SMILES string of the molecule is NC(=O)Cc1nc(CNC(N)=O)n(-c2cc(Cl)ccc2Cl)n1. The van der Waals surface area contributed by atoms with E-state index >= 15 is 0 Å². The van der Waals surface area contributed by atoms with E-state index in [1.807, 2.05) is 0 Å². The second-order valence-electron chi connectivity index (χ2n) is 4.31. The molecule has 0 aliphatic carbocycles. The van der Waals surface area contributed by atoms with E-state index in [9.17, 15) is 9.59 Å². The molecule has 0 bridgehead atoms. The number of nitrogens with two attached hydrogens (primary N) is 2. The largest absolute Gasteiger partial charge is 0.369 e. The Morgan fingerprint density at radius 2 is 2.00 bits per heavy atom. The summed E-state index contributed by atoms with van der Waals surface area (Å²) in [5, 5.41) is 7.39. The number of amides is 3. The van der Waals surface area contributed by atoms with Gasteiger partial charge in [-0.2, -0.15) is 5.10 Å². The van der Waals surface area contributed by atoms with E-state index in [0.717, 1.165) is 0 Å². The second-order valence-corrected chi connectivity index (χ2v) is 5.16. The third-order valence-corrected chi connectivity index (χ3v) is 3.16. The lowest BCUT2D eigenvalue weighted by molar-refractivity contribution is -0.117. The molecule has 0 aliphatic heterocycles. The summed E-state index contributed by atoms with van der Waals surface area (Å²) in [6.07, 6.45) is -0.144. The topological polar surface area (TPSA) is 129 Å². The van der Waals surface area contributed by atoms with E-state index in [4.69, 9.17) is 34.7 Å². The van der Waals surface area contributed by atoms with Gasteiger partial charge in [-0.3, -0.25) is 4.79 Å². The Balaban J connectivity index is 2.46. The van der Waals surface area contributed by atoms with E-state index in [2.05, 4.69) is 15.4 Å². The zero-order valence-electron chi connectivity index (χ0n) is 11.2. The maximum atomic E-state index is 11.0. The molecule has 1 aromatic carbocycles. The van der Waals surface area contributed by atoms with Gasteiger partial charge >= 0.3 is 6.03 Å². The van der Waals surface area contributed by atoms with Gasteiger partial charge in [0.1, 0.15) is 0 Å². The summed E-state index contributed by atoms with van der Waals surface area (Å²) < 4.78 is 1.38.